The lowest BCUT2D eigenvalue weighted by Crippen LogP contribution is -2.26. The first-order valence-electron chi connectivity index (χ1n) is 4.43. The summed E-state index contributed by atoms with van der Waals surface area (Å²) >= 11 is 5.56. The van der Waals surface area contributed by atoms with E-state index in [-0.39, 0.29) is 22.5 Å². The average molecular weight is 214 g/mol. The number of hydrogen-bond donors (Lipinski definition) is 1. The Morgan fingerprint density at radius 2 is 2.21 bits per heavy atom. The second-order valence-corrected chi connectivity index (χ2v) is 3.76. The van der Waals surface area contributed by atoms with Gasteiger partial charge in [0.05, 0.1) is 10.6 Å². The fourth-order valence-corrected chi connectivity index (χ4v) is 1.34. The summed E-state index contributed by atoms with van der Waals surface area (Å²) < 4.78 is 13.3. The van der Waals surface area contributed by atoms with Gasteiger partial charge in [0.1, 0.15) is 0 Å². The molecule has 1 aliphatic rings. The monoisotopic (exact) mass is 213 g/mol. The minimum Gasteiger partial charge on any atom is -0.349 e. The Bertz CT molecular complexity index is 376. The van der Waals surface area contributed by atoms with Crippen LogP contribution in [0, 0.1) is 5.82 Å². The number of amides is 1. The third-order valence-corrected chi connectivity index (χ3v) is 2.40. The van der Waals surface area contributed by atoms with Crippen molar-refractivity contribution in [2.24, 2.45) is 0 Å². The van der Waals surface area contributed by atoms with Crippen molar-refractivity contribution < 1.29 is 9.18 Å². The molecule has 14 heavy (non-hydrogen) atoms. The molecule has 0 aromatic heterocycles. The highest BCUT2D eigenvalue weighted by molar-refractivity contribution is 6.31. The average Bonchev–Trinajstić information content (AvgIpc) is 2.93. The van der Waals surface area contributed by atoms with E-state index in [1.165, 1.54) is 12.1 Å². The molecule has 0 bridgehead atoms. The molecular formula is C10H9ClFNO. The van der Waals surface area contributed by atoms with Crippen LogP contribution in [0.1, 0.15) is 23.2 Å². The van der Waals surface area contributed by atoms with Gasteiger partial charge in [-0.05, 0) is 25.0 Å². The highest BCUT2D eigenvalue weighted by Crippen LogP contribution is 2.21. The molecule has 0 spiro atoms. The Kier molecular flexibility index (Phi) is 2.42. The van der Waals surface area contributed by atoms with Crippen molar-refractivity contribution in [3.05, 3.63) is 34.6 Å². The fourth-order valence-electron chi connectivity index (χ4n) is 1.17. The van der Waals surface area contributed by atoms with Gasteiger partial charge in [0.2, 0.25) is 0 Å². The van der Waals surface area contributed by atoms with E-state index in [1.807, 2.05) is 0 Å². The minimum absolute atomic E-state index is 0.0180. The highest BCUT2D eigenvalue weighted by atomic mass is 35.5. The number of carbonyl (C=O) groups is 1. The van der Waals surface area contributed by atoms with E-state index in [0.717, 1.165) is 12.8 Å². The molecule has 1 fully saturated rings. The molecule has 74 valence electrons. The van der Waals surface area contributed by atoms with Gasteiger partial charge in [0.15, 0.2) is 5.82 Å². The number of benzene rings is 1. The maximum Gasteiger partial charge on any atom is 0.254 e. The standard InChI is InChI=1S/C10H9ClFNO/c11-8-3-1-2-7(9(8)12)10(14)13-6-4-5-6/h1-3,6H,4-5H2,(H,13,14). The van der Waals surface area contributed by atoms with Crippen LogP contribution in [-0.4, -0.2) is 11.9 Å². The third kappa shape index (κ3) is 1.87. The van der Waals surface area contributed by atoms with Crippen LogP contribution in [0.25, 0.3) is 0 Å². The van der Waals surface area contributed by atoms with Crippen molar-refractivity contribution in [3.63, 3.8) is 0 Å². The third-order valence-electron chi connectivity index (χ3n) is 2.11. The zero-order valence-corrected chi connectivity index (χ0v) is 8.14. The zero-order chi connectivity index (χ0) is 10.1. The second kappa shape index (κ2) is 3.58. The smallest absolute Gasteiger partial charge is 0.254 e. The van der Waals surface area contributed by atoms with Gasteiger partial charge in [0.25, 0.3) is 5.91 Å². The SMILES string of the molecule is O=C(NC1CC1)c1cccc(Cl)c1F. The number of hydrogen-bond acceptors (Lipinski definition) is 1. The molecule has 0 heterocycles. The van der Waals surface area contributed by atoms with Gasteiger partial charge in [-0.25, -0.2) is 4.39 Å². The lowest BCUT2D eigenvalue weighted by molar-refractivity contribution is 0.0947. The first-order chi connectivity index (χ1) is 6.68. The van der Waals surface area contributed by atoms with E-state index in [2.05, 4.69) is 5.32 Å². The quantitative estimate of drug-likeness (QED) is 0.803. The fraction of sp³-hybridized carbons (Fsp3) is 0.300. The molecule has 1 aliphatic carbocycles. The van der Waals surface area contributed by atoms with Crippen LogP contribution in [0.3, 0.4) is 0 Å². The van der Waals surface area contributed by atoms with Crippen molar-refractivity contribution in [2.45, 2.75) is 18.9 Å². The van der Waals surface area contributed by atoms with Gasteiger partial charge in [0, 0.05) is 6.04 Å². The molecular weight excluding hydrogens is 205 g/mol. The Hall–Kier alpha value is -1.09. The van der Waals surface area contributed by atoms with Gasteiger partial charge in [-0.3, -0.25) is 4.79 Å². The van der Waals surface area contributed by atoms with E-state index in [0.29, 0.717) is 0 Å². The van der Waals surface area contributed by atoms with Crippen molar-refractivity contribution in [3.8, 4) is 0 Å². The Morgan fingerprint density at radius 1 is 1.50 bits per heavy atom. The topological polar surface area (TPSA) is 29.1 Å². The molecule has 0 unspecified atom stereocenters. The van der Waals surface area contributed by atoms with Crippen LogP contribution >= 0.6 is 11.6 Å². The molecule has 0 atom stereocenters. The molecule has 2 rings (SSSR count). The van der Waals surface area contributed by atoms with Gasteiger partial charge in [-0.1, -0.05) is 17.7 Å². The summed E-state index contributed by atoms with van der Waals surface area (Å²) in [4.78, 5) is 11.5. The molecule has 0 aliphatic heterocycles. The van der Waals surface area contributed by atoms with E-state index < -0.39 is 5.82 Å². The Morgan fingerprint density at radius 3 is 2.86 bits per heavy atom. The van der Waals surface area contributed by atoms with Gasteiger partial charge in [-0.15, -0.1) is 0 Å². The van der Waals surface area contributed by atoms with E-state index >= 15 is 0 Å². The summed E-state index contributed by atoms with van der Waals surface area (Å²) in [6.45, 7) is 0. The van der Waals surface area contributed by atoms with E-state index in [4.69, 9.17) is 11.6 Å². The molecule has 1 amide bonds. The zero-order valence-electron chi connectivity index (χ0n) is 7.39. The molecule has 1 N–H and O–H groups in total. The summed E-state index contributed by atoms with van der Waals surface area (Å²) in [5, 5.41) is 2.68. The molecule has 0 saturated heterocycles. The normalized spacial score (nSPS) is 15.3. The Labute approximate surface area is 86.1 Å². The van der Waals surface area contributed by atoms with Gasteiger partial charge < -0.3 is 5.32 Å². The molecule has 1 aromatic carbocycles. The summed E-state index contributed by atoms with van der Waals surface area (Å²) in [6.07, 6.45) is 1.96. The van der Waals surface area contributed by atoms with Crippen LogP contribution in [-0.2, 0) is 0 Å². The summed E-state index contributed by atoms with van der Waals surface area (Å²) in [6, 6.07) is 4.64. The van der Waals surface area contributed by atoms with Crippen LogP contribution < -0.4 is 5.32 Å². The molecule has 1 saturated carbocycles. The predicted molar refractivity (Wildman–Crippen MR) is 51.9 cm³/mol. The van der Waals surface area contributed by atoms with Crippen molar-refractivity contribution >= 4 is 17.5 Å². The summed E-state index contributed by atoms with van der Waals surface area (Å²) in [5.41, 5.74) is 0.0180. The maximum atomic E-state index is 13.3. The predicted octanol–water partition coefficient (Wildman–Crippen LogP) is 2.37. The minimum atomic E-state index is -0.646. The molecule has 4 heteroatoms. The second-order valence-electron chi connectivity index (χ2n) is 3.35. The lowest BCUT2D eigenvalue weighted by atomic mass is 10.2. The summed E-state index contributed by atoms with van der Waals surface area (Å²) in [7, 11) is 0. The number of carbonyl (C=O) groups excluding carboxylic acids is 1. The van der Waals surface area contributed by atoms with Crippen LogP contribution in [0.5, 0.6) is 0 Å². The molecule has 2 nitrogen and oxygen atoms in total. The van der Waals surface area contributed by atoms with Gasteiger partial charge >= 0.3 is 0 Å². The van der Waals surface area contributed by atoms with Crippen LogP contribution in [0.4, 0.5) is 4.39 Å². The van der Waals surface area contributed by atoms with E-state index in [1.54, 1.807) is 6.07 Å². The highest BCUT2D eigenvalue weighted by Gasteiger charge is 2.25. The molecule has 1 aromatic rings. The number of halogens is 2. The first-order valence-corrected chi connectivity index (χ1v) is 4.81. The van der Waals surface area contributed by atoms with Crippen molar-refractivity contribution in [2.75, 3.05) is 0 Å². The van der Waals surface area contributed by atoms with Crippen molar-refractivity contribution in [1.82, 2.24) is 5.32 Å². The van der Waals surface area contributed by atoms with E-state index in [9.17, 15) is 9.18 Å². The first kappa shape index (κ1) is 9.46. The van der Waals surface area contributed by atoms with Crippen molar-refractivity contribution in [1.29, 1.82) is 0 Å². The van der Waals surface area contributed by atoms with Crippen LogP contribution in [0.2, 0.25) is 5.02 Å². The summed E-state index contributed by atoms with van der Waals surface area (Å²) in [5.74, 6) is -1.03. The van der Waals surface area contributed by atoms with Gasteiger partial charge in [-0.2, -0.15) is 0 Å². The lowest BCUT2D eigenvalue weighted by Gasteiger charge is -2.04. The maximum absolute atomic E-state index is 13.3. The number of rotatable bonds is 2. The largest absolute Gasteiger partial charge is 0.349 e. The number of nitrogens with one attached hydrogen (secondary N) is 1. The molecule has 0 radical (unpaired) electrons. The Balaban J connectivity index is 2.21. The van der Waals surface area contributed by atoms with Crippen LogP contribution in [0.15, 0.2) is 18.2 Å².